The molecule has 0 radical (unpaired) electrons. The summed E-state index contributed by atoms with van der Waals surface area (Å²) in [6.45, 7) is 3.54. The van der Waals surface area contributed by atoms with Crippen molar-refractivity contribution in [2.24, 2.45) is 0 Å². The Hall–Kier alpha value is -2.06. The molecular weight excluding hydrogens is 296 g/mol. The Morgan fingerprint density at radius 3 is 3.04 bits per heavy atom. The van der Waals surface area contributed by atoms with E-state index in [1.807, 2.05) is 10.7 Å². The predicted octanol–water partition coefficient (Wildman–Crippen LogP) is 0.523. The summed E-state index contributed by atoms with van der Waals surface area (Å²) in [5, 5.41) is 4.16. The molecule has 23 heavy (non-hydrogen) atoms. The standard InChI is InChI=1S/C15H20N6O2/c1-4-17-14(18-5-1)20-6-7-22-10-15(9-20)3-2-13(23-15)8-21-12-16-11-19-21/h1,4-5,11-13H,2-3,6-10H2/t13-,15-/m1/s1. The lowest BCUT2D eigenvalue weighted by Gasteiger charge is -2.31. The van der Waals surface area contributed by atoms with Crippen LogP contribution in [0.1, 0.15) is 12.8 Å². The van der Waals surface area contributed by atoms with E-state index < -0.39 is 0 Å². The van der Waals surface area contributed by atoms with Crippen molar-refractivity contribution in [3.05, 3.63) is 31.1 Å². The largest absolute Gasteiger partial charge is 0.377 e. The molecule has 0 bridgehead atoms. The highest BCUT2D eigenvalue weighted by Crippen LogP contribution is 2.34. The molecule has 0 N–H and O–H groups in total. The van der Waals surface area contributed by atoms with E-state index in [-0.39, 0.29) is 11.7 Å². The van der Waals surface area contributed by atoms with Gasteiger partial charge in [-0.15, -0.1) is 0 Å². The van der Waals surface area contributed by atoms with E-state index in [1.165, 1.54) is 0 Å². The summed E-state index contributed by atoms with van der Waals surface area (Å²) >= 11 is 0. The molecule has 122 valence electrons. The number of anilines is 1. The van der Waals surface area contributed by atoms with Gasteiger partial charge in [-0.05, 0) is 18.9 Å². The summed E-state index contributed by atoms with van der Waals surface area (Å²) in [7, 11) is 0. The second-order valence-corrected chi connectivity index (χ2v) is 6.10. The van der Waals surface area contributed by atoms with Gasteiger partial charge in [-0.2, -0.15) is 5.10 Å². The molecule has 2 aliphatic heterocycles. The number of aromatic nitrogens is 5. The number of rotatable bonds is 3. The molecule has 0 aromatic carbocycles. The smallest absolute Gasteiger partial charge is 0.225 e. The van der Waals surface area contributed by atoms with Gasteiger partial charge in [-0.1, -0.05) is 0 Å². The lowest BCUT2D eigenvalue weighted by Crippen LogP contribution is -2.45. The van der Waals surface area contributed by atoms with Gasteiger partial charge >= 0.3 is 0 Å². The average molecular weight is 316 g/mol. The van der Waals surface area contributed by atoms with Crippen LogP contribution in [0.15, 0.2) is 31.1 Å². The Labute approximate surface area is 134 Å². The topological polar surface area (TPSA) is 78.2 Å². The van der Waals surface area contributed by atoms with E-state index in [0.717, 1.165) is 38.4 Å². The molecule has 2 aliphatic rings. The van der Waals surface area contributed by atoms with Gasteiger partial charge < -0.3 is 14.4 Å². The Kier molecular flexibility index (Phi) is 3.92. The summed E-state index contributed by atoms with van der Waals surface area (Å²) in [5.74, 6) is 0.737. The lowest BCUT2D eigenvalue weighted by atomic mass is 10.0. The van der Waals surface area contributed by atoms with Gasteiger partial charge in [-0.25, -0.2) is 15.0 Å². The SMILES string of the molecule is c1cnc(N2CCOC[C@@]3(CC[C@H](Cn4cncn4)O3)C2)nc1. The minimum atomic E-state index is -0.291. The molecule has 0 aliphatic carbocycles. The molecule has 2 aromatic rings. The van der Waals surface area contributed by atoms with Gasteiger partial charge in [0.2, 0.25) is 5.95 Å². The molecule has 0 unspecified atom stereocenters. The molecule has 1 spiro atoms. The molecule has 2 saturated heterocycles. The van der Waals surface area contributed by atoms with Gasteiger partial charge in [0.1, 0.15) is 18.3 Å². The predicted molar refractivity (Wildman–Crippen MR) is 81.9 cm³/mol. The first kappa shape index (κ1) is 14.5. The first-order valence-electron chi connectivity index (χ1n) is 7.93. The molecule has 4 heterocycles. The summed E-state index contributed by atoms with van der Waals surface area (Å²) < 4.78 is 14.0. The molecule has 0 saturated carbocycles. The highest BCUT2D eigenvalue weighted by Gasteiger charge is 2.43. The van der Waals surface area contributed by atoms with Crippen molar-refractivity contribution >= 4 is 5.95 Å². The van der Waals surface area contributed by atoms with Crippen molar-refractivity contribution in [1.29, 1.82) is 0 Å². The van der Waals surface area contributed by atoms with E-state index in [4.69, 9.17) is 9.47 Å². The van der Waals surface area contributed by atoms with Crippen LogP contribution >= 0.6 is 0 Å². The van der Waals surface area contributed by atoms with Crippen molar-refractivity contribution in [1.82, 2.24) is 24.7 Å². The van der Waals surface area contributed by atoms with Crippen molar-refractivity contribution in [3.63, 3.8) is 0 Å². The second kappa shape index (κ2) is 6.21. The highest BCUT2D eigenvalue weighted by atomic mass is 16.6. The first-order valence-corrected chi connectivity index (χ1v) is 7.93. The van der Waals surface area contributed by atoms with Crippen molar-refractivity contribution < 1.29 is 9.47 Å². The van der Waals surface area contributed by atoms with E-state index >= 15 is 0 Å². The third-order valence-corrected chi connectivity index (χ3v) is 4.38. The van der Waals surface area contributed by atoms with E-state index in [2.05, 4.69) is 25.0 Å². The normalized spacial score (nSPS) is 28.2. The number of hydrogen-bond acceptors (Lipinski definition) is 7. The van der Waals surface area contributed by atoms with Crippen LogP contribution in [0.5, 0.6) is 0 Å². The van der Waals surface area contributed by atoms with E-state index in [0.29, 0.717) is 13.2 Å². The van der Waals surface area contributed by atoms with Crippen LogP contribution in [0, 0.1) is 0 Å². The van der Waals surface area contributed by atoms with E-state index in [9.17, 15) is 0 Å². The summed E-state index contributed by atoms with van der Waals surface area (Å²) in [6, 6.07) is 1.83. The van der Waals surface area contributed by atoms with Crippen LogP contribution < -0.4 is 4.90 Å². The minimum absolute atomic E-state index is 0.136. The number of nitrogens with zero attached hydrogens (tertiary/aromatic N) is 6. The lowest BCUT2D eigenvalue weighted by molar-refractivity contribution is -0.0807. The molecule has 0 amide bonds. The fraction of sp³-hybridized carbons (Fsp3) is 0.600. The van der Waals surface area contributed by atoms with Crippen molar-refractivity contribution in [2.75, 3.05) is 31.2 Å². The van der Waals surface area contributed by atoms with Crippen LogP contribution in [-0.4, -0.2) is 62.7 Å². The second-order valence-electron chi connectivity index (χ2n) is 6.10. The molecule has 2 atom stereocenters. The van der Waals surface area contributed by atoms with Gasteiger partial charge in [0.05, 0.1) is 32.4 Å². The van der Waals surface area contributed by atoms with Gasteiger partial charge in [-0.3, -0.25) is 4.68 Å². The fourth-order valence-electron chi connectivity index (χ4n) is 3.31. The summed E-state index contributed by atoms with van der Waals surface area (Å²) in [6.07, 6.45) is 8.91. The maximum atomic E-state index is 6.38. The van der Waals surface area contributed by atoms with Crippen LogP contribution in [0.4, 0.5) is 5.95 Å². The molecule has 8 heteroatoms. The molecule has 8 nitrogen and oxygen atoms in total. The Morgan fingerprint density at radius 2 is 2.22 bits per heavy atom. The Bertz CT molecular complexity index is 622. The van der Waals surface area contributed by atoms with E-state index in [1.54, 1.807) is 25.0 Å². The molecular formula is C15H20N6O2. The minimum Gasteiger partial charge on any atom is -0.377 e. The highest BCUT2D eigenvalue weighted by molar-refractivity contribution is 5.30. The molecule has 4 rings (SSSR count). The van der Waals surface area contributed by atoms with Crippen LogP contribution in [0.25, 0.3) is 0 Å². The Morgan fingerprint density at radius 1 is 1.30 bits per heavy atom. The van der Waals surface area contributed by atoms with Gasteiger partial charge in [0, 0.05) is 18.9 Å². The van der Waals surface area contributed by atoms with Crippen LogP contribution in [0.3, 0.4) is 0 Å². The summed E-state index contributed by atoms with van der Waals surface area (Å²) in [5.41, 5.74) is -0.291. The van der Waals surface area contributed by atoms with Crippen LogP contribution in [0.2, 0.25) is 0 Å². The zero-order valence-electron chi connectivity index (χ0n) is 12.9. The first-order chi connectivity index (χ1) is 11.3. The zero-order valence-corrected chi connectivity index (χ0v) is 12.9. The fourth-order valence-corrected chi connectivity index (χ4v) is 3.31. The summed E-state index contributed by atoms with van der Waals surface area (Å²) in [4.78, 5) is 14.9. The molecule has 2 aromatic heterocycles. The number of hydrogen-bond donors (Lipinski definition) is 0. The number of ether oxygens (including phenoxy) is 2. The van der Waals surface area contributed by atoms with Gasteiger partial charge in [0.25, 0.3) is 0 Å². The van der Waals surface area contributed by atoms with Gasteiger partial charge in [0.15, 0.2) is 0 Å². The maximum Gasteiger partial charge on any atom is 0.225 e. The average Bonchev–Trinajstić information content (AvgIpc) is 3.17. The molecule has 2 fully saturated rings. The quantitative estimate of drug-likeness (QED) is 0.817. The van der Waals surface area contributed by atoms with Crippen LogP contribution in [-0.2, 0) is 16.0 Å². The third kappa shape index (κ3) is 3.18. The Balaban J connectivity index is 1.47. The maximum absolute atomic E-state index is 6.38. The monoisotopic (exact) mass is 316 g/mol. The van der Waals surface area contributed by atoms with Crippen molar-refractivity contribution in [3.8, 4) is 0 Å². The zero-order chi connectivity index (χ0) is 15.5. The third-order valence-electron chi connectivity index (χ3n) is 4.38. The van der Waals surface area contributed by atoms with Crippen molar-refractivity contribution in [2.45, 2.75) is 31.1 Å².